The van der Waals surface area contributed by atoms with E-state index in [2.05, 4.69) is 5.32 Å². The number of hydrogen-bond donors (Lipinski definition) is 2. The molecule has 0 aliphatic heterocycles. The van der Waals surface area contributed by atoms with E-state index >= 15 is 0 Å². The summed E-state index contributed by atoms with van der Waals surface area (Å²) in [6, 6.07) is 12.7. The van der Waals surface area contributed by atoms with Crippen molar-refractivity contribution in [2.24, 2.45) is 0 Å². The van der Waals surface area contributed by atoms with E-state index in [1.807, 2.05) is 0 Å². The summed E-state index contributed by atoms with van der Waals surface area (Å²) in [5.74, 6) is -1.26. The minimum atomic E-state index is -1.08. The van der Waals surface area contributed by atoms with E-state index in [-0.39, 0.29) is 13.2 Å². The van der Waals surface area contributed by atoms with Crippen molar-refractivity contribution in [1.82, 2.24) is 5.32 Å². The minimum Gasteiger partial charge on any atom is -0.480 e. The number of carbonyl (C=O) groups is 3. The summed E-state index contributed by atoms with van der Waals surface area (Å²) in [4.78, 5) is 34.2. The monoisotopic (exact) mass is 415 g/mol. The standard InChI is InChI=1S/C22H25NO7/c1-14(28-13-18-9-5-7-11-20(18)30-16(3)25)21(22(26)27)23-12-17-8-4-6-10-19(17)29-15(2)24/h4-11,14,21,23H,12-13H2,1-3H3,(H,26,27). The molecule has 8 nitrogen and oxygen atoms in total. The maximum atomic E-state index is 11.8. The van der Waals surface area contributed by atoms with E-state index in [9.17, 15) is 19.5 Å². The Morgan fingerprint density at radius 3 is 1.93 bits per heavy atom. The number of aliphatic carboxylic acids is 1. The second-order valence-electron chi connectivity index (χ2n) is 6.62. The lowest BCUT2D eigenvalue weighted by molar-refractivity contribution is -0.144. The number of esters is 2. The first kappa shape index (κ1) is 23.1. The molecule has 30 heavy (non-hydrogen) atoms. The SMILES string of the molecule is CC(=O)Oc1ccccc1CNC(C(=O)O)C(C)OCc1ccccc1OC(C)=O. The Labute approximate surface area is 174 Å². The van der Waals surface area contributed by atoms with Crippen molar-refractivity contribution in [3.05, 3.63) is 59.7 Å². The Morgan fingerprint density at radius 2 is 1.40 bits per heavy atom. The number of hydrogen-bond acceptors (Lipinski definition) is 7. The lowest BCUT2D eigenvalue weighted by Crippen LogP contribution is -2.45. The zero-order valence-electron chi connectivity index (χ0n) is 17.1. The average Bonchev–Trinajstić information content (AvgIpc) is 2.67. The molecule has 0 amide bonds. The number of carboxylic acids is 1. The second-order valence-corrected chi connectivity index (χ2v) is 6.62. The van der Waals surface area contributed by atoms with Gasteiger partial charge in [0.2, 0.25) is 0 Å². The fourth-order valence-corrected chi connectivity index (χ4v) is 2.77. The number of benzene rings is 2. The molecule has 2 atom stereocenters. The van der Waals surface area contributed by atoms with E-state index in [0.717, 1.165) is 0 Å². The fraction of sp³-hybridized carbons (Fsp3) is 0.318. The summed E-state index contributed by atoms with van der Waals surface area (Å²) in [5.41, 5.74) is 1.27. The molecule has 0 radical (unpaired) electrons. The third-order valence-electron chi connectivity index (χ3n) is 4.20. The van der Waals surface area contributed by atoms with Gasteiger partial charge in [-0.05, 0) is 19.1 Å². The Kier molecular flexibility index (Phi) is 8.52. The van der Waals surface area contributed by atoms with Gasteiger partial charge < -0.3 is 19.3 Å². The predicted octanol–water partition coefficient (Wildman–Crippen LogP) is 2.69. The quantitative estimate of drug-likeness (QED) is 0.450. The highest BCUT2D eigenvalue weighted by atomic mass is 16.5. The molecule has 2 N–H and O–H groups in total. The molecule has 0 saturated heterocycles. The molecule has 0 aliphatic carbocycles. The van der Waals surface area contributed by atoms with Crippen LogP contribution in [-0.2, 0) is 32.3 Å². The normalized spacial score (nSPS) is 12.6. The first-order chi connectivity index (χ1) is 14.3. The number of nitrogens with one attached hydrogen (secondary N) is 1. The number of rotatable bonds is 10. The molecule has 2 unspecified atom stereocenters. The highest BCUT2D eigenvalue weighted by molar-refractivity contribution is 5.74. The molecule has 0 fully saturated rings. The zero-order valence-corrected chi connectivity index (χ0v) is 17.1. The van der Waals surface area contributed by atoms with E-state index in [0.29, 0.717) is 22.6 Å². The number of carbonyl (C=O) groups excluding carboxylic acids is 2. The molecule has 160 valence electrons. The van der Waals surface area contributed by atoms with Crippen LogP contribution in [-0.4, -0.2) is 35.2 Å². The van der Waals surface area contributed by atoms with Crippen molar-refractivity contribution in [3.8, 4) is 11.5 Å². The summed E-state index contributed by atoms with van der Waals surface area (Å²) in [7, 11) is 0. The van der Waals surface area contributed by atoms with Gasteiger partial charge in [-0.25, -0.2) is 0 Å². The number of para-hydroxylation sites is 2. The predicted molar refractivity (Wildman–Crippen MR) is 108 cm³/mol. The van der Waals surface area contributed by atoms with Crippen LogP contribution in [0.2, 0.25) is 0 Å². The number of carboxylic acid groups (broad SMARTS) is 1. The van der Waals surface area contributed by atoms with Gasteiger partial charge in [0.25, 0.3) is 0 Å². The molecule has 0 aromatic heterocycles. The summed E-state index contributed by atoms with van der Waals surface area (Å²) in [6.45, 7) is 4.47. The maximum Gasteiger partial charge on any atom is 0.323 e. The Bertz CT molecular complexity index is 897. The van der Waals surface area contributed by atoms with Gasteiger partial charge in [-0.15, -0.1) is 0 Å². The molecule has 2 aromatic rings. The molecule has 2 aromatic carbocycles. The Morgan fingerprint density at radius 1 is 0.900 bits per heavy atom. The van der Waals surface area contributed by atoms with E-state index in [1.54, 1.807) is 55.5 Å². The molecule has 0 heterocycles. The van der Waals surface area contributed by atoms with Gasteiger partial charge in [0, 0.05) is 31.5 Å². The van der Waals surface area contributed by atoms with Crippen molar-refractivity contribution in [3.63, 3.8) is 0 Å². The highest BCUT2D eigenvalue weighted by Crippen LogP contribution is 2.21. The third-order valence-corrected chi connectivity index (χ3v) is 4.20. The van der Waals surface area contributed by atoms with Crippen LogP contribution >= 0.6 is 0 Å². The lowest BCUT2D eigenvalue weighted by atomic mass is 10.1. The second kappa shape index (κ2) is 11.1. The Balaban J connectivity index is 2.03. The van der Waals surface area contributed by atoms with Crippen LogP contribution < -0.4 is 14.8 Å². The average molecular weight is 415 g/mol. The molecular weight excluding hydrogens is 390 g/mol. The summed E-state index contributed by atoms with van der Waals surface area (Å²) in [6.07, 6.45) is -0.700. The number of ether oxygens (including phenoxy) is 3. The van der Waals surface area contributed by atoms with Gasteiger partial charge in [0.15, 0.2) is 0 Å². The topological polar surface area (TPSA) is 111 Å². The summed E-state index contributed by atoms with van der Waals surface area (Å²) < 4.78 is 16.0. The van der Waals surface area contributed by atoms with Crippen LogP contribution in [0.15, 0.2) is 48.5 Å². The first-order valence-electron chi connectivity index (χ1n) is 9.38. The van der Waals surface area contributed by atoms with Gasteiger partial charge >= 0.3 is 17.9 Å². The van der Waals surface area contributed by atoms with Crippen LogP contribution in [0.1, 0.15) is 31.9 Å². The summed E-state index contributed by atoms with van der Waals surface area (Å²) >= 11 is 0. The Hall–Kier alpha value is -3.23. The van der Waals surface area contributed by atoms with Crippen molar-refractivity contribution in [2.45, 2.75) is 46.1 Å². The van der Waals surface area contributed by atoms with Gasteiger partial charge in [0.1, 0.15) is 17.5 Å². The fourth-order valence-electron chi connectivity index (χ4n) is 2.77. The summed E-state index contributed by atoms with van der Waals surface area (Å²) in [5, 5.41) is 12.5. The van der Waals surface area contributed by atoms with Crippen LogP contribution in [0.4, 0.5) is 0 Å². The van der Waals surface area contributed by atoms with Gasteiger partial charge in [-0.3, -0.25) is 19.7 Å². The van der Waals surface area contributed by atoms with Crippen LogP contribution in [0, 0.1) is 0 Å². The van der Waals surface area contributed by atoms with E-state index in [4.69, 9.17) is 14.2 Å². The lowest BCUT2D eigenvalue weighted by Gasteiger charge is -2.23. The zero-order chi connectivity index (χ0) is 22.1. The molecule has 8 heteroatoms. The van der Waals surface area contributed by atoms with Gasteiger partial charge in [-0.2, -0.15) is 0 Å². The molecule has 2 rings (SSSR count). The minimum absolute atomic E-state index is 0.0696. The van der Waals surface area contributed by atoms with Crippen molar-refractivity contribution in [1.29, 1.82) is 0 Å². The largest absolute Gasteiger partial charge is 0.480 e. The molecule has 0 saturated carbocycles. The van der Waals surface area contributed by atoms with Gasteiger partial charge in [-0.1, -0.05) is 36.4 Å². The molecule has 0 bridgehead atoms. The van der Waals surface area contributed by atoms with Crippen molar-refractivity contribution >= 4 is 17.9 Å². The third kappa shape index (κ3) is 6.98. The molecule has 0 aliphatic rings. The molecule has 0 spiro atoms. The highest BCUT2D eigenvalue weighted by Gasteiger charge is 2.25. The maximum absolute atomic E-state index is 11.8. The van der Waals surface area contributed by atoms with Crippen LogP contribution in [0.5, 0.6) is 11.5 Å². The van der Waals surface area contributed by atoms with E-state index < -0.39 is 30.1 Å². The van der Waals surface area contributed by atoms with Crippen molar-refractivity contribution < 1.29 is 33.7 Å². The van der Waals surface area contributed by atoms with Crippen LogP contribution in [0.3, 0.4) is 0 Å². The van der Waals surface area contributed by atoms with E-state index in [1.165, 1.54) is 13.8 Å². The first-order valence-corrected chi connectivity index (χ1v) is 9.38. The molecular formula is C22H25NO7. The van der Waals surface area contributed by atoms with Crippen molar-refractivity contribution in [2.75, 3.05) is 0 Å². The smallest absolute Gasteiger partial charge is 0.323 e. The van der Waals surface area contributed by atoms with Gasteiger partial charge in [0.05, 0.1) is 12.7 Å². The van der Waals surface area contributed by atoms with Crippen LogP contribution in [0.25, 0.3) is 0 Å².